The van der Waals surface area contributed by atoms with Crippen LogP contribution >= 0.6 is 11.8 Å². The number of piperidine rings is 1. The Hall–Kier alpha value is -3.18. The molecule has 0 radical (unpaired) electrons. The molecule has 4 heterocycles. The number of anilines is 1. The number of rotatable bonds is 7. The molecule has 2 amide bonds. The molecular formula is C36H50FN7O2S. The summed E-state index contributed by atoms with van der Waals surface area (Å²) in [6.07, 6.45) is 2.55. The fourth-order valence-electron chi connectivity index (χ4n) is 7.12. The summed E-state index contributed by atoms with van der Waals surface area (Å²) < 4.78 is 17.7. The molecule has 1 aromatic heterocycles. The molecule has 3 aromatic rings. The largest absolute Gasteiger partial charge is 0.366 e. The van der Waals surface area contributed by atoms with Gasteiger partial charge >= 0.3 is 0 Å². The number of piperazine rings is 1. The lowest BCUT2D eigenvalue weighted by molar-refractivity contribution is -0.136. The lowest BCUT2D eigenvalue weighted by atomic mass is 9.92. The van der Waals surface area contributed by atoms with Gasteiger partial charge in [0.25, 0.3) is 0 Å². The smallest absolute Gasteiger partial charge is 0.237 e. The minimum absolute atomic E-state index is 0.00642. The van der Waals surface area contributed by atoms with Crippen molar-refractivity contribution in [2.45, 2.75) is 89.4 Å². The molecule has 2 aromatic carbocycles. The Morgan fingerprint density at radius 1 is 0.936 bits per heavy atom. The van der Waals surface area contributed by atoms with Crippen molar-refractivity contribution in [1.29, 1.82) is 0 Å². The first kappa shape index (κ1) is 33.7. The van der Waals surface area contributed by atoms with Gasteiger partial charge in [0.05, 0.1) is 22.5 Å². The average molecular weight is 664 g/mol. The van der Waals surface area contributed by atoms with Crippen LogP contribution in [0.3, 0.4) is 0 Å². The highest BCUT2D eigenvalue weighted by Gasteiger charge is 2.44. The molecule has 254 valence electrons. The predicted octanol–water partition coefficient (Wildman–Crippen LogP) is 6.12. The van der Waals surface area contributed by atoms with E-state index in [1.54, 1.807) is 6.07 Å². The number of carbonyl (C=O) groups is 2. The normalized spacial score (nSPS) is 22.1. The Bertz CT molecular complexity index is 1580. The third-order valence-electron chi connectivity index (χ3n) is 9.97. The second-order valence-electron chi connectivity index (χ2n) is 15.5. The third-order valence-corrected chi connectivity index (χ3v) is 11.4. The maximum Gasteiger partial charge on any atom is 0.237 e. The van der Waals surface area contributed by atoms with E-state index in [9.17, 15) is 9.59 Å². The van der Waals surface area contributed by atoms with Crippen LogP contribution in [0.25, 0.3) is 11.0 Å². The maximum atomic E-state index is 15.7. The summed E-state index contributed by atoms with van der Waals surface area (Å²) in [5, 5.41) is 7.86. The fourth-order valence-corrected chi connectivity index (χ4v) is 8.61. The SMILES string of the molecule is CC(C)(C)CCN1C(=O)[C@H](CC(=O)N2CCC(n3nnc4ccccc43)CC2)SC1c1cccc(F)c1N1CCN(C(C)(C)C)CC1. The first-order chi connectivity index (χ1) is 22.3. The number of hydrogen-bond acceptors (Lipinski definition) is 7. The van der Waals surface area contributed by atoms with Crippen LogP contribution < -0.4 is 4.90 Å². The summed E-state index contributed by atoms with van der Waals surface area (Å²) in [4.78, 5) is 36.2. The van der Waals surface area contributed by atoms with E-state index in [-0.39, 0.29) is 46.4 Å². The minimum Gasteiger partial charge on any atom is -0.366 e. The lowest BCUT2D eigenvalue weighted by Gasteiger charge is -2.43. The monoisotopic (exact) mass is 663 g/mol. The molecule has 2 atom stereocenters. The number of thioether (sulfide) groups is 1. The third kappa shape index (κ3) is 7.31. The summed E-state index contributed by atoms with van der Waals surface area (Å²) in [7, 11) is 0. The Balaban J connectivity index is 1.17. The minimum atomic E-state index is -0.502. The van der Waals surface area contributed by atoms with Gasteiger partial charge in [0, 0.05) is 63.3 Å². The van der Waals surface area contributed by atoms with Crippen molar-refractivity contribution < 1.29 is 14.0 Å². The molecule has 47 heavy (non-hydrogen) atoms. The second-order valence-corrected chi connectivity index (χ2v) is 16.8. The van der Waals surface area contributed by atoms with Gasteiger partial charge in [0.1, 0.15) is 16.7 Å². The number of nitrogens with zero attached hydrogens (tertiary/aromatic N) is 7. The van der Waals surface area contributed by atoms with Gasteiger partial charge in [0.15, 0.2) is 0 Å². The zero-order valence-corrected chi connectivity index (χ0v) is 29.6. The van der Waals surface area contributed by atoms with Crippen LogP contribution in [-0.2, 0) is 9.59 Å². The predicted molar refractivity (Wildman–Crippen MR) is 187 cm³/mol. The fraction of sp³-hybridized carbons (Fsp3) is 0.611. The number of para-hydroxylation sites is 2. The molecular weight excluding hydrogens is 614 g/mol. The standard InChI is InChI=1S/C36H50FN7O2S/c1-35(2,3)16-19-43-33(46)30(24-31(45)40-17-14-25(15-18-40)44-29-13-8-7-12-28(29)38-39-44)47-34(43)26-10-9-11-27(37)32(26)41-20-22-42(23-21-41)36(4,5)6/h7-13,25,30,34H,14-24H2,1-6H3/t30-,34?/m0/s1. The number of benzene rings is 2. The van der Waals surface area contributed by atoms with E-state index in [1.807, 2.05) is 44.8 Å². The highest BCUT2D eigenvalue weighted by molar-refractivity contribution is 8.01. The van der Waals surface area contributed by atoms with Gasteiger partial charge in [0.2, 0.25) is 11.8 Å². The molecule has 0 bridgehead atoms. The molecule has 0 N–H and O–H groups in total. The van der Waals surface area contributed by atoms with Crippen molar-refractivity contribution in [3.63, 3.8) is 0 Å². The van der Waals surface area contributed by atoms with Crippen molar-refractivity contribution >= 4 is 40.3 Å². The summed E-state index contributed by atoms with van der Waals surface area (Å²) in [6.45, 7) is 18.1. The quantitative estimate of drug-likeness (QED) is 0.301. The molecule has 0 saturated carbocycles. The number of fused-ring (bicyclic) bond motifs is 1. The molecule has 0 spiro atoms. The molecule has 3 saturated heterocycles. The molecule has 11 heteroatoms. The van der Waals surface area contributed by atoms with Crippen LogP contribution in [0.5, 0.6) is 0 Å². The highest BCUT2D eigenvalue weighted by atomic mass is 32.2. The Kier molecular flexibility index (Phi) is 9.60. The van der Waals surface area contributed by atoms with Crippen LogP contribution in [0.2, 0.25) is 0 Å². The maximum absolute atomic E-state index is 15.7. The summed E-state index contributed by atoms with van der Waals surface area (Å²) in [5.41, 5.74) is 3.40. The van der Waals surface area contributed by atoms with Gasteiger partial charge in [-0.3, -0.25) is 14.5 Å². The van der Waals surface area contributed by atoms with Crippen molar-refractivity contribution in [2.24, 2.45) is 5.41 Å². The lowest BCUT2D eigenvalue weighted by Crippen LogP contribution is -2.53. The zero-order chi connectivity index (χ0) is 33.5. The molecule has 3 aliphatic rings. The first-order valence-corrected chi connectivity index (χ1v) is 18.1. The van der Waals surface area contributed by atoms with E-state index >= 15 is 4.39 Å². The first-order valence-electron chi connectivity index (χ1n) is 17.1. The average Bonchev–Trinajstić information content (AvgIpc) is 3.60. The van der Waals surface area contributed by atoms with Crippen LogP contribution in [0, 0.1) is 11.2 Å². The van der Waals surface area contributed by atoms with Crippen molar-refractivity contribution in [2.75, 3.05) is 50.7 Å². The summed E-state index contributed by atoms with van der Waals surface area (Å²) >= 11 is 1.52. The van der Waals surface area contributed by atoms with E-state index in [1.165, 1.54) is 17.8 Å². The number of halogens is 1. The Morgan fingerprint density at radius 2 is 1.64 bits per heavy atom. The molecule has 1 unspecified atom stereocenters. The molecule has 9 nitrogen and oxygen atoms in total. The summed E-state index contributed by atoms with van der Waals surface area (Å²) in [6, 6.07) is 13.4. The van der Waals surface area contributed by atoms with Gasteiger partial charge in [-0.25, -0.2) is 9.07 Å². The Labute approximate surface area is 282 Å². The Morgan fingerprint density at radius 3 is 2.32 bits per heavy atom. The van der Waals surface area contributed by atoms with Crippen molar-refractivity contribution in [3.8, 4) is 0 Å². The van der Waals surface area contributed by atoms with Crippen molar-refractivity contribution in [3.05, 3.63) is 53.8 Å². The number of amides is 2. The van der Waals surface area contributed by atoms with Crippen LogP contribution in [0.1, 0.15) is 84.2 Å². The van der Waals surface area contributed by atoms with Gasteiger partial charge in [-0.1, -0.05) is 50.3 Å². The molecule has 3 fully saturated rings. The van der Waals surface area contributed by atoms with Gasteiger partial charge < -0.3 is 14.7 Å². The van der Waals surface area contributed by atoms with Gasteiger partial charge in [-0.2, -0.15) is 0 Å². The van der Waals surface area contributed by atoms with Gasteiger partial charge in [-0.05, 0) is 63.6 Å². The second kappa shape index (κ2) is 13.4. The highest BCUT2D eigenvalue weighted by Crippen LogP contribution is 2.48. The molecule has 3 aliphatic heterocycles. The van der Waals surface area contributed by atoms with Gasteiger partial charge in [-0.15, -0.1) is 16.9 Å². The van der Waals surface area contributed by atoms with E-state index in [0.29, 0.717) is 25.3 Å². The molecule has 6 rings (SSSR count). The van der Waals surface area contributed by atoms with E-state index in [0.717, 1.165) is 62.0 Å². The van der Waals surface area contributed by atoms with E-state index in [4.69, 9.17) is 0 Å². The number of likely N-dealkylation sites (tertiary alicyclic amines) is 1. The molecule has 0 aliphatic carbocycles. The van der Waals surface area contributed by atoms with Crippen LogP contribution in [0.15, 0.2) is 42.5 Å². The van der Waals surface area contributed by atoms with Crippen molar-refractivity contribution in [1.82, 2.24) is 29.7 Å². The topological polar surface area (TPSA) is 77.8 Å². The number of hydrogen-bond donors (Lipinski definition) is 0. The van der Waals surface area contributed by atoms with Crippen LogP contribution in [0.4, 0.5) is 10.1 Å². The van der Waals surface area contributed by atoms with E-state index in [2.05, 4.69) is 61.7 Å². The zero-order valence-electron chi connectivity index (χ0n) is 28.8. The summed E-state index contributed by atoms with van der Waals surface area (Å²) in [5.74, 6) is -0.264. The van der Waals surface area contributed by atoms with Crippen LogP contribution in [-0.4, -0.2) is 98.1 Å². The number of carbonyl (C=O) groups excluding carboxylic acids is 2. The van der Waals surface area contributed by atoms with E-state index < -0.39 is 5.25 Å². The number of aromatic nitrogens is 3.